The van der Waals surface area contributed by atoms with Crippen LogP contribution >= 0.6 is 0 Å². The first-order chi connectivity index (χ1) is 10.7. The van der Waals surface area contributed by atoms with Gasteiger partial charge in [0.15, 0.2) is 11.5 Å². The van der Waals surface area contributed by atoms with Crippen LogP contribution in [0.15, 0.2) is 12.1 Å². The molecule has 4 heteroatoms. The van der Waals surface area contributed by atoms with E-state index in [1.165, 1.54) is 30.4 Å². The molecular weight excluding hydrogens is 278 g/mol. The van der Waals surface area contributed by atoms with Gasteiger partial charge < -0.3 is 14.4 Å². The van der Waals surface area contributed by atoms with Gasteiger partial charge in [-0.3, -0.25) is 4.79 Å². The van der Waals surface area contributed by atoms with Crippen LogP contribution in [0.25, 0.3) is 0 Å². The van der Waals surface area contributed by atoms with E-state index < -0.39 is 0 Å². The molecule has 0 saturated heterocycles. The molecule has 1 heterocycles. The summed E-state index contributed by atoms with van der Waals surface area (Å²) >= 11 is 0. The quantitative estimate of drug-likeness (QED) is 0.861. The lowest BCUT2D eigenvalue weighted by molar-refractivity contribution is -0.137. The number of methoxy groups -OCH3 is 2. The second kappa shape index (κ2) is 6.59. The highest BCUT2D eigenvalue weighted by molar-refractivity contribution is 5.79. The lowest BCUT2D eigenvalue weighted by Gasteiger charge is -2.33. The maximum atomic E-state index is 12.7. The number of benzene rings is 1. The number of amides is 1. The summed E-state index contributed by atoms with van der Waals surface area (Å²) in [5, 5.41) is 0. The maximum absolute atomic E-state index is 12.7. The Morgan fingerprint density at radius 3 is 2.32 bits per heavy atom. The van der Waals surface area contributed by atoms with Crippen molar-refractivity contribution in [1.29, 1.82) is 0 Å². The Bertz CT molecular complexity index is 550. The number of hydrogen-bond donors (Lipinski definition) is 0. The van der Waals surface area contributed by atoms with Gasteiger partial charge in [0.1, 0.15) is 0 Å². The summed E-state index contributed by atoms with van der Waals surface area (Å²) in [6.07, 6.45) is 6.71. The first-order valence-electron chi connectivity index (χ1n) is 8.25. The zero-order chi connectivity index (χ0) is 15.5. The molecule has 0 N–H and O–H groups in total. The Balaban J connectivity index is 1.76. The van der Waals surface area contributed by atoms with Gasteiger partial charge in [0.05, 0.1) is 14.2 Å². The Morgan fingerprint density at radius 2 is 1.68 bits per heavy atom. The Hall–Kier alpha value is -1.71. The van der Waals surface area contributed by atoms with Gasteiger partial charge in [-0.1, -0.05) is 19.3 Å². The molecule has 1 aromatic rings. The normalized spacial score (nSPS) is 18.7. The van der Waals surface area contributed by atoms with E-state index in [9.17, 15) is 4.79 Å². The van der Waals surface area contributed by atoms with E-state index in [0.717, 1.165) is 37.3 Å². The summed E-state index contributed by atoms with van der Waals surface area (Å²) < 4.78 is 10.8. The molecule has 0 spiro atoms. The predicted molar refractivity (Wildman–Crippen MR) is 85.2 cm³/mol. The Labute approximate surface area is 132 Å². The molecule has 0 atom stereocenters. The molecule has 4 nitrogen and oxygen atoms in total. The molecule has 0 aromatic heterocycles. The van der Waals surface area contributed by atoms with Gasteiger partial charge in [-0.25, -0.2) is 0 Å². The minimum absolute atomic E-state index is 0.246. The number of rotatable bonds is 3. The fourth-order valence-corrected chi connectivity index (χ4v) is 3.68. The van der Waals surface area contributed by atoms with Crippen molar-refractivity contribution in [2.45, 2.75) is 45.1 Å². The molecular formula is C18H25NO3. The van der Waals surface area contributed by atoms with Crippen LogP contribution in [0.3, 0.4) is 0 Å². The summed E-state index contributed by atoms with van der Waals surface area (Å²) in [6.45, 7) is 1.52. The van der Waals surface area contributed by atoms with Gasteiger partial charge in [0.25, 0.3) is 0 Å². The van der Waals surface area contributed by atoms with E-state index in [-0.39, 0.29) is 5.92 Å². The minimum Gasteiger partial charge on any atom is -0.493 e. The second-order valence-electron chi connectivity index (χ2n) is 6.32. The highest BCUT2D eigenvalue weighted by Gasteiger charge is 2.29. The zero-order valence-electron chi connectivity index (χ0n) is 13.6. The fraction of sp³-hybridized carbons (Fsp3) is 0.611. The van der Waals surface area contributed by atoms with Crippen LogP contribution in [0.2, 0.25) is 0 Å². The second-order valence-corrected chi connectivity index (χ2v) is 6.32. The predicted octanol–water partition coefficient (Wildman–Crippen LogP) is 3.17. The van der Waals surface area contributed by atoms with Gasteiger partial charge in [-0.15, -0.1) is 0 Å². The SMILES string of the molecule is COc1cc2c(cc1OC)CN(C(=O)C1CCCCC1)CC2. The number of fused-ring (bicyclic) bond motifs is 1. The van der Waals surface area contributed by atoms with Crippen LogP contribution in [-0.2, 0) is 17.8 Å². The van der Waals surface area contributed by atoms with Crippen molar-refractivity contribution in [3.63, 3.8) is 0 Å². The van der Waals surface area contributed by atoms with Crippen molar-refractivity contribution in [3.8, 4) is 11.5 Å². The van der Waals surface area contributed by atoms with E-state index in [1.807, 2.05) is 11.0 Å². The van der Waals surface area contributed by atoms with Crippen LogP contribution in [0, 0.1) is 5.92 Å². The van der Waals surface area contributed by atoms with E-state index in [1.54, 1.807) is 14.2 Å². The van der Waals surface area contributed by atoms with E-state index in [4.69, 9.17) is 9.47 Å². The molecule has 1 aromatic carbocycles. The highest BCUT2D eigenvalue weighted by Crippen LogP contribution is 2.34. The van der Waals surface area contributed by atoms with Crippen molar-refractivity contribution >= 4 is 5.91 Å². The molecule has 1 saturated carbocycles. The van der Waals surface area contributed by atoms with Crippen LogP contribution in [0.5, 0.6) is 11.5 Å². The number of hydrogen-bond acceptors (Lipinski definition) is 3. The average molecular weight is 303 g/mol. The molecule has 0 radical (unpaired) electrons. The standard InChI is InChI=1S/C18H25NO3/c1-21-16-10-14-8-9-19(12-15(14)11-17(16)22-2)18(20)13-6-4-3-5-7-13/h10-11,13H,3-9,12H2,1-2H3. The zero-order valence-corrected chi connectivity index (χ0v) is 13.6. The van der Waals surface area contributed by atoms with Crippen LogP contribution in [0.1, 0.15) is 43.2 Å². The Kier molecular flexibility index (Phi) is 4.55. The summed E-state index contributed by atoms with van der Waals surface area (Å²) in [4.78, 5) is 14.7. The van der Waals surface area contributed by atoms with Gasteiger partial charge >= 0.3 is 0 Å². The van der Waals surface area contributed by atoms with Crippen LogP contribution in [0.4, 0.5) is 0 Å². The molecule has 120 valence electrons. The van der Waals surface area contributed by atoms with Crippen molar-refractivity contribution in [2.24, 2.45) is 5.92 Å². The van der Waals surface area contributed by atoms with E-state index in [2.05, 4.69) is 6.07 Å². The smallest absolute Gasteiger partial charge is 0.225 e. The molecule has 2 aliphatic rings. The number of ether oxygens (including phenoxy) is 2. The molecule has 1 aliphatic carbocycles. The first-order valence-corrected chi connectivity index (χ1v) is 8.25. The Morgan fingerprint density at radius 1 is 1.05 bits per heavy atom. The average Bonchev–Trinajstić information content (AvgIpc) is 2.60. The summed E-state index contributed by atoms with van der Waals surface area (Å²) in [6, 6.07) is 4.07. The third-order valence-electron chi connectivity index (χ3n) is 4.98. The molecule has 22 heavy (non-hydrogen) atoms. The highest BCUT2D eigenvalue weighted by atomic mass is 16.5. The summed E-state index contributed by atoms with van der Waals surface area (Å²) in [5.74, 6) is 2.11. The summed E-state index contributed by atoms with van der Waals surface area (Å²) in [5.41, 5.74) is 2.46. The van der Waals surface area contributed by atoms with E-state index in [0.29, 0.717) is 12.5 Å². The van der Waals surface area contributed by atoms with Crippen LogP contribution < -0.4 is 9.47 Å². The van der Waals surface area contributed by atoms with Crippen molar-refractivity contribution in [1.82, 2.24) is 4.90 Å². The molecule has 0 unspecified atom stereocenters. The maximum Gasteiger partial charge on any atom is 0.225 e. The number of nitrogens with zero attached hydrogens (tertiary/aromatic N) is 1. The molecule has 1 aliphatic heterocycles. The molecule has 1 fully saturated rings. The molecule has 1 amide bonds. The lowest BCUT2D eigenvalue weighted by Crippen LogP contribution is -2.40. The third kappa shape index (κ3) is 2.92. The molecule has 3 rings (SSSR count). The van der Waals surface area contributed by atoms with Crippen molar-refractivity contribution < 1.29 is 14.3 Å². The van der Waals surface area contributed by atoms with Gasteiger partial charge in [0.2, 0.25) is 5.91 Å². The summed E-state index contributed by atoms with van der Waals surface area (Å²) in [7, 11) is 3.31. The minimum atomic E-state index is 0.246. The van der Waals surface area contributed by atoms with E-state index >= 15 is 0 Å². The van der Waals surface area contributed by atoms with Gasteiger partial charge in [-0.2, -0.15) is 0 Å². The largest absolute Gasteiger partial charge is 0.493 e. The van der Waals surface area contributed by atoms with Crippen LogP contribution in [-0.4, -0.2) is 31.6 Å². The third-order valence-corrected chi connectivity index (χ3v) is 4.98. The monoisotopic (exact) mass is 303 g/mol. The first kappa shape index (κ1) is 15.2. The fourth-order valence-electron chi connectivity index (χ4n) is 3.68. The van der Waals surface area contributed by atoms with Crippen molar-refractivity contribution in [2.75, 3.05) is 20.8 Å². The van der Waals surface area contributed by atoms with Crippen molar-refractivity contribution in [3.05, 3.63) is 23.3 Å². The lowest BCUT2D eigenvalue weighted by atomic mass is 9.87. The molecule has 0 bridgehead atoms. The number of carbonyl (C=O) groups excluding carboxylic acids is 1. The topological polar surface area (TPSA) is 38.8 Å². The number of carbonyl (C=O) groups is 1. The van der Waals surface area contributed by atoms with Gasteiger partial charge in [-0.05, 0) is 42.5 Å². The van der Waals surface area contributed by atoms with Gasteiger partial charge in [0, 0.05) is 19.0 Å².